The third-order valence-electron chi connectivity index (χ3n) is 2.26. The van der Waals surface area contributed by atoms with Crippen molar-refractivity contribution >= 4 is 0 Å². The van der Waals surface area contributed by atoms with E-state index in [1.807, 2.05) is 13.8 Å². The van der Waals surface area contributed by atoms with Crippen molar-refractivity contribution < 1.29 is 9.84 Å². The number of hydrogen-bond acceptors (Lipinski definition) is 3. The van der Waals surface area contributed by atoms with Crippen LogP contribution in [0.4, 0.5) is 0 Å². The van der Waals surface area contributed by atoms with E-state index in [0.717, 1.165) is 6.42 Å². The molecule has 0 radical (unpaired) electrons. The fraction of sp³-hybridized carbons (Fsp3) is 1.00. The van der Waals surface area contributed by atoms with Gasteiger partial charge in [0.2, 0.25) is 0 Å². The summed E-state index contributed by atoms with van der Waals surface area (Å²) >= 11 is 0. The monoisotopic (exact) mass is 175 g/mol. The van der Waals surface area contributed by atoms with E-state index in [1.165, 1.54) is 0 Å². The lowest BCUT2D eigenvalue weighted by atomic mass is 9.93. The molecular weight excluding hydrogens is 154 g/mol. The fourth-order valence-corrected chi connectivity index (χ4v) is 0.774. The van der Waals surface area contributed by atoms with E-state index in [1.54, 1.807) is 14.0 Å². The summed E-state index contributed by atoms with van der Waals surface area (Å²) in [5.74, 6) is 0. The molecule has 3 nitrogen and oxygen atoms in total. The number of nitrogens with two attached hydrogens (primary N) is 1. The molecule has 0 amide bonds. The minimum absolute atomic E-state index is 0.167. The van der Waals surface area contributed by atoms with Gasteiger partial charge in [0.15, 0.2) is 0 Å². The van der Waals surface area contributed by atoms with Crippen molar-refractivity contribution in [2.75, 3.05) is 13.7 Å². The maximum Gasteiger partial charge on any atom is 0.0742 e. The smallest absolute Gasteiger partial charge is 0.0742 e. The highest BCUT2D eigenvalue weighted by atomic mass is 16.5. The number of hydrogen-bond donors (Lipinski definition) is 2. The van der Waals surface area contributed by atoms with E-state index in [2.05, 4.69) is 0 Å². The Morgan fingerprint density at radius 3 is 2.08 bits per heavy atom. The highest BCUT2D eigenvalue weighted by molar-refractivity contribution is 4.78. The van der Waals surface area contributed by atoms with Crippen LogP contribution in [-0.2, 0) is 4.74 Å². The average molecular weight is 175 g/mol. The Labute approximate surface area is 74.9 Å². The maximum atomic E-state index is 9.60. The van der Waals surface area contributed by atoms with Gasteiger partial charge in [0.25, 0.3) is 0 Å². The Morgan fingerprint density at radius 1 is 1.25 bits per heavy atom. The summed E-state index contributed by atoms with van der Waals surface area (Å²) in [6, 6.07) is 0. The second kappa shape index (κ2) is 4.21. The maximum absolute atomic E-state index is 9.60. The van der Waals surface area contributed by atoms with E-state index < -0.39 is 5.60 Å². The van der Waals surface area contributed by atoms with Gasteiger partial charge in [0, 0.05) is 13.7 Å². The third-order valence-corrected chi connectivity index (χ3v) is 2.26. The molecular formula is C9H21NO2. The van der Waals surface area contributed by atoms with E-state index in [-0.39, 0.29) is 5.60 Å². The minimum Gasteiger partial charge on any atom is -0.389 e. The van der Waals surface area contributed by atoms with E-state index in [0.29, 0.717) is 13.0 Å². The molecule has 0 aromatic carbocycles. The summed E-state index contributed by atoms with van der Waals surface area (Å²) in [4.78, 5) is 0. The van der Waals surface area contributed by atoms with Crippen LogP contribution in [0.2, 0.25) is 0 Å². The summed E-state index contributed by atoms with van der Waals surface area (Å²) in [5.41, 5.74) is 4.46. The molecule has 12 heavy (non-hydrogen) atoms. The molecule has 0 aliphatic heterocycles. The lowest BCUT2D eigenvalue weighted by Gasteiger charge is -2.28. The molecule has 0 aliphatic carbocycles. The SMILES string of the molecule is COC(C)(C)CCC(C)(O)CN. The molecule has 0 fully saturated rings. The van der Waals surface area contributed by atoms with Crippen LogP contribution in [0.5, 0.6) is 0 Å². The molecule has 1 atom stereocenters. The standard InChI is InChI=1S/C9H21NO2/c1-8(2,12-4)5-6-9(3,11)7-10/h11H,5-7,10H2,1-4H3. The number of aliphatic hydroxyl groups is 1. The number of methoxy groups -OCH3 is 1. The van der Waals surface area contributed by atoms with Crippen molar-refractivity contribution in [2.24, 2.45) is 5.73 Å². The van der Waals surface area contributed by atoms with Gasteiger partial charge in [-0.15, -0.1) is 0 Å². The summed E-state index contributed by atoms with van der Waals surface area (Å²) in [6.07, 6.45) is 1.48. The van der Waals surface area contributed by atoms with Crippen LogP contribution in [0.1, 0.15) is 33.6 Å². The summed E-state index contributed by atoms with van der Waals surface area (Å²) in [5, 5.41) is 9.60. The quantitative estimate of drug-likeness (QED) is 0.652. The molecule has 0 bridgehead atoms. The first-order valence-corrected chi connectivity index (χ1v) is 4.30. The molecule has 74 valence electrons. The highest BCUT2D eigenvalue weighted by Gasteiger charge is 2.24. The molecule has 0 spiro atoms. The molecule has 0 rings (SSSR count). The summed E-state index contributed by atoms with van der Waals surface area (Å²) in [7, 11) is 1.68. The van der Waals surface area contributed by atoms with Gasteiger partial charge in [-0.05, 0) is 33.6 Å². The fourth-order valence-electron chi connectivity index (χ4n) is 0.774. The van der Waals surface area contributed by atoms with Gasteiger partial charge < -0.3 is 15.6 Å². The van der Waals surface area contributed by atoms with Gasteiger partial charge in [-0.3, -0.25) is 0 Å². The molecule has 0 saturated heterocycles. The van der Waals surface area contributed by atoms with Crippen molar-refractivity contribution in [1.82, 2.24) is 0 Å². The Morgan fingerprint density at radius 2 is 1.75 bits per heavy atom. The Kier molecular flexibility index (Phi) is 4.17. The van der Waals surface area contributed by atoms with Gasteiger partial charge in [0.05, 0.1) is 11.2 Å². The first-order valence-electron chi connectivity index (χ1n) is 4.30. The molecule has 0 aliphatic rings. The lowest BCUT2D eigenvalue weighted by Crippen LogP contribution is -2.36. The van der Waals surface area contributed by atoms with Crippen LogP contribution in [-0.4, -0.2) is 30.0 Å². The van der Waals surface area contributed by atoms with Crippen LogP contribution < -0.4 is 5.73 Å². The van der Waals surface area contributed by atoms with Crippen molar-refractivity contribution in [3.63, 3.8) is 0 Å². The predicted molar refractivity (Wildman–Crippen MR) is 50.0 cm³/mol. The van der Waals surface area contributed by atoms with E-state index in [9.17, 15) is 5.11 Å². The van der Waals surface area contributed by atoms with Crippen molar-refractivity contribution in [2.45, 2.75) is 44.8 Å². The second-order valence-corrected chi connectivity index (χ2v) is 4.16. The molecule has 0 aromatic rings. The van der Waals surface area contributed by atoms with Crippen molar-refractivity contribution in [3.8, 4) is 0 Å². The first-order chi connectivity index (χ1) is 5.33. The minimum atomic E-state index is -0.754. The van der Waals surface area contributed by atoms with Gasteiger partial charge in [-0.2, -0.15) is 0 Å². The largest absolute Gasteiger partial charge is 0.389 e. The van der Waals surface area contributed by atoms with Crippen LogP contribution in [0.15, 0.2) is 0 Å². The van der Waals surface area contributed by atoms with Crippen molar-refractivity contribution in [3.05, 3.63) is 0 Å². The molecule has 0 aromatic heterocycles. The van der Waals surface area contributed by atoms with Crippen LogP contribution in [0.3, 0.4) is 0 Å². The first kappa shape index (κ1) is 11.9. The third kappa shape index (κ3) is 4.70. The van der Waals surface area contributed by atoms with E-state index >= 15 is 0 Å². The van der Waals surface area contributed by atoms with Crippen LogP contribution >= 0.6 is 0 Å². The topological polar surface area (TPSA) is 55.5 Å². The van der Waals surface area contributed by atoms with Gasteiger partial charge in [0.1, 0.15) is 0 Å². The highest BCUT2D eigenvalue weighted by Crippen LogP contribution is 2.20. The summed E-state index contributed by atoms with van der Waals surface area (Å²) in [6.45, 7) is 6.05. The lowest BCUT2D eigenvalue weighted by molar-refractivity contribution is -0.0160. The summed E-state index contributed by atoms with van der Waals surface area (Å²) < 4.78 is 5.23. The number of rotatable bonds is 5. The molecule has 3 heteroatoms. The molecule has 3 N–H and O–H groups in total. The van der Waals surface area contributed by atoms with Crippen LogP contribution in [0, 0.1) is 0 Å². The molecule has 0 heterocycles. The predicted octanol–water partition coefficient (Wildman–Crippen LogP) is 0.901. The Balaban J connectivity index is 3.82. The zero-order chi connectivity index (χ0) is 9.83. The number of ether oxygens (including phenoxy) is 1. The van der Waals surface area contributed by atoms with Gasteiger partial charge in [-0.25, -0.2) is 0 Å². The normalized spacial score (nSPS) is 17.5. The van der Waals surface area contributed by atoms with Crippen LogP contribution in [0.25, 0.3) is 0 Å². The molecule has 1 unspecified atom stereocenters. The van der Waals surface area contributed by atoms with Gasteiger partial charge in [-0.1, -0.05) is 0 Å². The van der Waals surface area contributed by atoms with Crippen molar-refractivity contribution in [1.29, 1.82) is 0 Å². The zero-order valence-electron chi connectivity index (χ0n) is 8.55. The van der Waals surface area contributed by atoms with Gasteiger partial charge >= 0.3 is 0 Å². The average Bonchev–Trinajstić information content (AvgIpc) is 2.02. The molecule has 0 saturated carbocycles. The van der Waals surface area contributed by atoms with E-state index in [4.69, 9.17) is 10.5 Å². The Bertz CT molecular complexity index is 116. The zero-order valence-corrected chi connectivity index (χ0v) is 8.55. The Hall–Kier alpha value is -0.120. The second-order valence-electron chi connectivity index (χ2n) is 4.16.